The lowest BCUT2D eigenvalue weighted by molar-refractivity contribution is -0.443. The minimum absolute atomic E-state index is 0.419. The second kappa shape index (κ2) is 5.06. The molecule has 1 aromatic rings. The van der Waals surface area contributed by atoms with Gasteiger partial charge in [-0.25, -0.2) is 4.39 Å². The van der Waals surface area contributed by atoms with Gasteiger partial charge in [0.05, 0.1) is 0 Å². The Balaban J connectivity index is 3.67. The Morgan fingerprint density at radius 2 is 0.952 bits per heavy atom. The molecule has 1 unspecified atom stereocenters. The molecule has 0 aliphatic carbocycles. The zero-order valence-electron chi connectivity index (χ0n) is 9.74. The third-order valence-corrected chi connectivity index (χ3v) is 2.81. The first-order chi connectivity index (χ1) is 9.27. The van der Waals surface area contributed by atoms with Gasteiger partial charge in [0.1, 0.15) is 0 Å². The highest BCUT2D eigenvalue weighted by atomic mass is 19.4. The van der Waals surface area contributed by atoms with Crippen molar-refractivity contribution in [2.45, 2.75) is 24.7 Å². The third kappa shape index (κ3) is 2.67. The van der Waals surface area contributed by atoms with Crippen LogP contribution in [0.3, 0.4) is 0 Å². The lowest BCUT2D eigenvalue weighted by atomic mass is 9.77. The summed E-state index contributed by atoms with van der Waals surface area (Å²) in [6, 6.07) is 3.60. The Hall–Kier alpha value is -1.48. The van der Waals surface area contributed by atoms with Crippen molar-refractivity contribution in [2.75, 3.05) is 0 Å². The van der Waals surface area contributed by atoms with Crippen molar-refractivity contribution >= 4 is 0 Å². The smallest absolute Gasteiger partial charge is 0.241 e. The van der Waals surface area contributed by atoms with E-state index in [0.29, 0.717) is 12.1 Å². The largest absolute Gasteiger partial charge is 0.415 e. The summed E-state index contributed by atoms with van der Waals surface area (Å²) in [6.07, 6.45) is -25.1. The Morgan fingerprint density at radius 1 is 0.619 bits per heavy atom. The molecule has 0 bridgehead atoms. The molecule has 0 spiro atoms. The standard InChI is InChI=1S/C11H6F10/c12-7(6-4-2-1-3-5-6)8(9(13,14)15,10(16,17)18)11(19,20)21/h1-5,7H. The summed E-state index contributed by atoms with van der Waals surface area (Å²) in [5.41, 5.74) is -7.86. The maximum absolute atomic E-state index is 13.8. The first-order valence-corrected chi connectivity index (χ1v) is 5.16. The van der Waals surface area contributed by atoms with Gasteiger partial charge in [-0.3, -0.25) is 0 Å². The predicted molar refractivity (Wildman–Crippen MR) is 50.9 cm³/mol. The van der Waals surface area contributed by atoms with Gasteiger partial charge in [-0.05, 0) is 5.56 Å². The number of benzene rings is 1. The summed E-state index contributed by atoms with van der Waals surface area (Å²) in [7, 11) is 0. The van der Waals surface area contributed by atoms with Crippen LogP contribution in [0, 0.1) is 5.41 Å². The van der Waals surface area contributed by atoms with E-state index < -0.39 is 35.7 Å². The van der Waals surface area contributed by atoms with E-state index in [-0.39, 0.29) is 0 Å². The number of halogens is 10. The second-order valence-corrected chi connectivity index (χ2v) is 4.07. The molecule has 0 saturated carbocycles. The van der Waals surface area contributed by atoms with E-state index >= 15 is 0 Å². The fraction of sp³-hybridized carbons (Fsp3) is 0.455. The van der Waals surface area contributed by atoms with Gasteiger partial charge in [0.2, 0.25) is 0 Å². The number of hydrogen-bond acceptors (Lipinski definition) is 0. The molecule has 0 amide bonds. The van der Waals surface area contributed by atoms with Crippen LogP contribution >= 0.6 is 0 Å². The van der Waals surface area contributed by atoms with E-state index in [9.17, 15) is 43.9 Å². The highest BCUT2D eigenvalue weighted by Crippen LogP contribution is 2.66. The van der Waals surface area contributed by atoms with Gasteiger partial charge in [0.25, 0.3) is 5.41 Å². The van der Waals surface area contributed by atoms with Crippen LogP contribution in [-0.2, 0) is 0 Å². The highest BCUT2D eigenvalue weighted by molar-refractivity contribution is 5.23. The topological polar surface area (TPSA) is 0 Å². The summed E-state index contributed by atoms with van der Waals surface area (Å²) in [6.45, 7) is 0. The van der Waals surface area contributed by atoms with Gasteiger partial charge in [0.15, 0.2) is 6.17 Å². The maximum atomic E-state index is 13.8. The van der Waals surface area contributed by atoms with E-state index in [2.05, 4.69) is 0 Å². The van der Waals surface area contributed by atoms with Crippen molar-refractivity contribution in [3.8, 4) is 0 Å². The molecular weight excluding hydrogens is 322 g/mol. The third-order valence-electron chi connectivity index (χ3n) is 2.81. The van der Waals surface area contributed by atoms with Crippen molar-refractivity contribution in [1.82, 2.24) is 0 Å². The van der Waals surface area contributed by atoms with Crippen molar-refractivity contribution in [1.29, 1.82) is 0 Å². The van der Waals surface area contributed by atoms with E-state index in [1.807, 2.05) is 0 Å². The number of rotatable bonds is 2. The van der Waals surface area contributed by atoms with Crippen LogP contribution in [0.5, 0.6) is 0 Å². The Kier molecular flexibility index (Phi) is 4.23. The molecule has 0 N–H and O–H groups in total. The predicted octanol–water partition coefficient (Wildman–Crippen LogP) is 5.37. The molecule has 0 saturated heterocycles. The van der Waals surface area contributed by atoms with E-state index in [0.717, 1.165) is 18.2 Å². The lowest BCUT2D eigenvalue weighted by Gasteiger charge is -2.40. The summed E-state index contributed by atoms with van der Waals surface area (Å²) in [4.78, 5) is 0. The average molecular weight is 328 g/mol. The molecule has 1 rings (SSSR count). The van der Waals surface area contributed by atoms with Crippen LogP contribution in [0.1, 0.15) is 11.7 Å². The van der Waals surface area contributed by atoms with Gasteiger partial charge >= 0.3 is 18.5 Å². The van der Waals surface area contributed by atoms with Crippen LogP contribution in [0.25, 0.3) is 0 Å². The summed E-state index contributed by atoms with van der Waals surface area (Å²) in [5.74, 6) is 0. The van der Waals surface area contributed by atoms with Crippen molar-refractivity contribution in [3.63, 3.8) is 0 Å². The van der Waals surface area contributed by atoms with Gasteiger partial charge in [-0.1, -0.05) is 30.3 Å². The van der Waals surface area contributed by atoms with Crippen LogP contribution in [0.4, 0.5) is 43.9 Å². The second-order valence-electron chi connectivity index (χ2n) is 4.07. The van der Waals surface area contributed by atoms with Gasteiger partial charge in [-0.15, -0.1) is 0 Å². The molecule has 1 atom stereocenters. The Labute approximate surface area is 111 Å². The maximum Gasteiger partial charge on any atom is 0.415 e. The average Bonchev–Trinajstić information content (AvgIpc) is 2.24. The van der Waals surface area contributed by atoms with Crippen LogP contribution in [-0.4, -0.2) is 18.5 Å². The fourth-order valence-corrected chi connectivity index (χ4v) is 1.79. The molecule has 21 heavy (non-hydrogen) atoms. The summed E-state index contributed by atoms with van der Waals surface area (Å²) in [5, 5.41) is 0. The monoisotopic (exact) mass is 328 g/mol. The zero-order valence-corrected chi connectivity index (χ0v) is 9.74. The molecule has 0 radical (unpaired) electrons. The Bertz CT molecular complexity index is 430. The number of alkyl halides is 10. The minimum Gasteiger partial charge on any atom is -0.241 e. The molecule has 1 aromatic carbocycles. The fourth-order valence-electron chi connectivity index (χ4n) is 1.79. The van der Waals surface area contributed by atoms with Crippen molar-refractivity contribution < 1.29 is 43.9 Å². The number of hydrogen-bond donors (Lipinski definition) is 0. The van der Waals surface area contributed by atoms with Gasteiger partial charge < -0.3 is 0 Å². The van der Waals surface area contributed by atoms with Crippen LogP contribution in [0.2, 0.25) is 0 Å². The van der Waals surface area contributed by atoms with Crippen LogP contribution in [0.15, 0.2) is 30.3 Å². The van der Waals surface area contributed by atoms with Crippen molar-refractivity contribution in [2.24, 2.45) is 5.41 Å². The highest BCUT2D eigenvalue weighted by Gasteiger charge is 2.87. The quantitative estimate of drug-likeness (QED) is 0.640. The molecule has 0 heterocycles. The molecule has 0 aromatic heterocycles. The molecule has 0 aliphatic heterocycles. The molecule has 0 nitrogen and oxygen atoms in total. The Morgan fingerprint density at radius 3 is 1.24 bits per heavy atom. The van der Waals surface area contributed by atoms with E-state index in [1.54, 1.807) is 0 Å². The molecule has 120 valence electrons. The zero-order chi connectivity index (χ0) is 16.7. The molecule has 0 fully saturated rings. The first-order valence-electron chi connectivity index (χ1n) is 5.16. The lowest BCUT2D eigenvalue weighted by Crippen LogP contribution is -2.62. The first kappa shape index (κ1) is 17.6. The minimum atomic E-state index is -6.92. The SMILES string of the molecule is FC(c1ccccc1)C(C(F)(F)F)(C(F)(F)F)C(F)(F)F. The van der Waals surface area contributed by atoms with E-state index in [4.69, 9.17) is 0 Å². The molecular formula is C11H6F10. The van der Waals surface area contributed by atoms with Crippen LogP contribution < -0.4 is 0 Å². The van der Waals surface area contributed by atoms with Crippen molar-refractivity contribution in [3.05, 3.63) is 35.9 Å². The van der Waals surface area contributed by atoms with Gasteiger partial charge in [0, 0.05) is 0 Å². The molecule has 10 heteroatoms. The summed E-state index contributed by atoms with van der Waals surface area (Å²) < 4.78 is 127. The summed E-state index contributed by atoms with van der Waals surface area (Å²) >= 11 is 0. The normalized spacial score (nSPS) is 15.9. The molecule has 0 aliphatic rings. The van der Waals surface area contributed by atoms with E-state index in [1.165, 1.54) is 0 Å². The van der Waals surface area contributed by atoms with Gasteiger partial charge in [-0.2, -0.15) is 39.5 Å².